The standard InChI is InChI=1S/C22H34O/c1-6-19(23)22(5)13-8-12-21(4)17-11-14-20(3,7-2)15-16(17)9-10-18(21)22/h7,11,16,18H,2,6,8-10,12-15H2,1,3-5H3. The van der Waals surface area contributed by atoms with Crippen LogP contribution in [-0.4, -0.2) is 5.78 Å². The number of hydrogen-bond donors (Lipinski definition) is 0. The monoisotopic (exact) mass is 314 g/mol. The SMILES string of the molecule is C=CC1(C)CC=C2C(CCC3C(C)(C(=O)CC)CCCC23C)C1. The van der Waals surface area contributed by atoms with E-state index in [4.69, 9.17) is 0 Å². The smallest absolute Gasteiger partial charge is 0.138 e. The van der Waals surface area contributed by atoms with Gasteiger partial charge in [0, 0.05) is 11.8 Å². The maximum atomic E-state index is 12.8. The third-order valence-corrected chi connectivity index (χ3v) is 7.79. The van der Waals surface area contributed by atoms with Gasteiger partial charge in [-0.1, -0.05) is 51.8 Å². The predicted octanol–water partition coefficient (Wildman–Crippen LogP) is 6.10. The van der Waals surface area contributed by atoms with Gasteiger partial charge in [-0.25, -0.2) is 0 Å². The number of allylic oxidation sites excluding steroid dienone is 3. The van der Waals surface area contributed by atoms with Crippen LogP contribution >= 0.6 is 0 Å². The molecule has 0 saturated heterocycles. The summed E-state index contributed by atoms with van der Waals surface area (Å²) in [7, 11) is 0. The maximum absolute atomic E-state index is 12.8. The summed E-state index contributed by atoms with van der Waals surface area (Å²) in [5.41, 5.74) is 2.13. The van der Waals surface area contributed by atoms with E-state index >= 15 is 0 Å². The molecule has 0 aromatic carbocycles. The molecule has 1 heteroatoms. The topological polar surface area (TPSA) is 17.1 Å². The van der Waals surface area contributed by atoms with Crippen molar-refractivity contribution in [2.45, 2.75) is 79.1 Å². The van der Waals surface area contributed by atoms with Crippen LogP contribution in [0.1, 0.15) is 79.1 Å². The fourth-order valence-corrected chi connectivity index (χ4v) is 6.35. The zero-order valence-corrected chi connectivity index (χ0v) is 15.6. The molecule has 128 valence electrons. The lowest BCUT2D eigenvalue weighted by atomic mass is 9.45. The molecule has 0 amide bonds. The number of carbonyl (C=O) groups excluding carboxylic acids is 1. The first kappa shape index (κ1) is 17.0. The van der Waals surface area contributed by atoms with E-state index in [1.165, 1.54) is 32.1 Å². The fraction of sp³-hybridized carbons (Fsp3) is 0.773. The minimum absolute atomic E-state index is 0.0905. The summed E-state index contributed by atoms with van der Waals surface area (Å²) in [6, 6.07) is 0. The summed E-state index contributed by atoms with van der Waals surface area (Å²) < 4.78 is 0. The van der Waals surface area contributed by atoms with E-state index in [0.717, 1.165) is 12.8 Å². The van der Waals surface area contributed by atoms with Gasteiger partial charge in [0.25, 0.3) is 0 Å². The summed E-state index contributed by atoms with van der Waals surface area (Å²) in [5.74, 6) is 1.76. The molecule has 0 heterocycles. The number of carbonyl (C=O) groups is 1. The lowest BCUT2D eigenvalue weighted by Crippen LogP contribution is -2.52. The third-order valence-electron chi connectivity index (χ3n) is 7.79. The largest absolute Gasteiger partial charge is 0.299 e. The number of Topliss-reactive ketones (excluding diaryl/α,β-unsaturated/α-hetero) is 1. The van der Waals surface area contributed by atoms with Crippen molar-refractivity contribution in [1.29, 1.82) is 0 Å². The van der Waals surface area contributed by atoms with Gasteiger partial charge in [0.2, 0.25) is 0 Å². The summed E-state index contributed by atoms with van der Waals surface area (Å²) in [6.45, 7) is 13.2. The van der Waals surface area contributed by atoms with Crippen molar-refractivity contribution in [3.05, 3.63) is 24.3 Å². The van der Waals surface area contributed by atoms with Gasteiger partial charge in [-0.2, -0.15) is 0 Å². The second-order valence-corrected chi connectivity index (χ2v) is 9.22. The van der Waals surface area contributed by atoms with Crippen LogP contribution in [0, 0.1) is 28.1 Å². The van der Waals surface area contributed by atoms with Gasteiger partial charge in [-0.05, 0) is 61.2 Å². The Morgan fingerprint density at radius 3 is 2.70 bits per heavy atom. The van der Waals surface area contributed by atoms with E-state index in [9.17, 15) is 4.79 Å². The zero-order chi connectivity index (χ0) is 16.9. The first-order chi connectivity index (χ1) is 10.8. The maximum Gasteiger partial charge on any atom is 0.138 e. The van der Waals surface area contributed by atoms with Crippen LogP contribution in [0.15, 0.2) is 24.3 Å². The summed E-state index contributed by atoms with van der Waals surface area (Å²) >= 11 is 0. The Morgan fingerprint density at radius 2 is 2.04 bits per heavy atom. The van der Waals surface area contributed by atoms with E-state index in [-0.39, 0.29) is 16.2 Å². The fourth-order valence-electron chi connectivity index (χ4n) is 6.35. The quantitative estimate of drug-likeness (QED) is 0.575. The Morgan fingerprint density at radius 1 is 1.30 bits per heavy atom. The van der Waals surface area contributed by atoms with Crippen molar-refractivity contribution in [3.63, 3.8) is 0 Å². The Bertz CT molecular complexity index is 544. The van der Waals surface area contributed by atoms with Crippen LogP contribution < -0.4 is 0 Å². The molecule has 0 spiro atoms. The molecule has 0 aromatic heterocycles. The Balaban J connectivity index is 1.98. The Hall–Kier alpha value is -0.850. The second-order valence-electron chi connectivity index (χ2n) is 9.22. The highest BCUT2D eigenvalue weighted by molar-refractivity contribution is 5.84. The number of fused-ring (bicyclic) bond motifs is 3. The van der Waals surface area contributed by atoms with Crippen molar-refractivity contribution < 1.29 is 4.79 Å². The first-order valence-electron chi connectivity index (χ1n) is 9.66. The summed E-state index contributed by atoms with van der Waals surface area (Å²) in [5, 5.41) is 0. The number of ketones is 1. The van der Waals surface area contributed by atoms with Gasteiger partial charge in [-0.15, -0.1) is 6.58 Å². The molecule has 5 atom stereocenters. The molecular weight excluding hydrogens is 280 g/mol. The van der Waals surface area contributed by atoms with Gasteiger partial charge < -0.3 is 0 Å². The molecule has 2 fully saturated rings. The van der Waals surface area contributed by atoms with E-state index in [0.29, 0.717) is 24.0 Å². The average Bonchev–Trinajstić information content (AvgIpc) is 2.53. The van der Waals surface area contributed by atoms with Crippen LogP contribution in [0.4, 0.5) is 0 Å². The molecule has 3 rings (SSSR count). The first-order valence-corrected chi connectivity index (χ1v) is 9.66. The molecule has 0 aliphatic heterocycles. The molecule has 0 aromatic rings. The minimum Gasteiger partial charge on any atom is -0.299 e. The van der Waals surface area contributed by atoms with E-state index < -0.39 is 0 Å². The zero-order valence-electron chi connectivity index (χ0n) is 15.6. The van der Waals surface area contributed by atoms with E-state index in [1.54, 1.807) is 5.57 Å². The third kappa shape index (κ3) is 2.46. The van der Waals surface area contributed by atoms with Crippen LogP contribution in [0.3, 0.4) is 0 Å². The van der Waals surface area contributed by atoms with Crippen LogP contribution in [0.5, 0.6) is 0 Å². The molecule has 0 bridgehead atoms. The highest BCUT2D eigenvalue weighted by Crippen LogP contribution is 2.64. The average molecular weight is 315 g/mol. The molecule has 23 heavy (non-hydrogen) atoms. The lowest BCUT2D eigenvalue weighted by Gasteiger charge is -2.58. The molecule has 0 radical (unpaired) electrons. The molecule has 3 aliphatic rings. The molecule has 2 saturated carbocycles. The van der Waals surface area contributed by atoms with Gasteiger partial charge in [-0.3, -0.25) is 4.79 Å². The molecule has 3 aliphatic carbocycles. The van der Waals surface area contributed by atoms with E-state index in [2.05, 4.69) is 39.5 Å². The van der Waals surface area contributed by atoms with Crippen molar-refractivity contribution in [2.75, 3.05) is 0 Å². The van der Waals surface area contributed by atoms with Gasteiger partial charge in [0.15, 0.2) is 0 Å². The highest BCUT2D eigenvalue weighted by Gasteiger charge is 2.56. The van der Waals surface area contributed by atoms with Crippen molar-refractivity contribution in [1.82, 2.24) is 0 Å². The van der Waals surface area contributed by atoms with Crippen molar-refractivity contribution >= 4 is 5.78 Å². The predicted molar refractivity (Wildman–Crippen MR) is 97.2 cm³/mol. The van der Waals surface area contributed by atoms with Crippen LogP contribution in [0.25, 0.3) is 0 Å². The summed E-state index contributed by atoms with van der Waals surface area (Å²) in [6.07, 6.45) is 13.9. The Kier molecular flexibility index (Phi) is 4.14. The van der Waals surface area contributed by atoms with E-state index in [1.807, 2.05) is 6.92 Å². The minimum atomic E-state index is -0.0905. The van der Waals surface area contributed by atoms with Gasteiger partial charge >= 0.3 is 0 Å². The van der Waals surface area contributed by atoms with Crippen molar-refractivity contribution in [3.8, 4) is 0 Å². The second kappa shape index (κ2) is 5.60. The number of rotatable bonds is 3. The Labute approximate surface area is 142 Å². The highest BCUT2D eigenvalue weighted by atomic mass is 16.1. The van der Waals surface area contributed by atoms with Crippen LogP contribution in [0.2, 0.25) is 0 Å². The summed E-state index contributed by atoms with van der Waals surface area (Å²) in [4.78, 5) is 12.8. The normalized spacial score (nSPS) is 46.3. The van der Waals surface area contributed by atoms with Gasteiger partial charge in [0.1, 0.15) is 5.78 Å². The molecule has 1 nitrogen and oxygen atoms in total. The van der Waals surface area contributed by atoms with Gasteiger partial charge in [0.05, 0.1) is 0 Å². The van der Waals surface area contributed by atoms with Crippen molar-refractivity contribution in [2.24, 2.45) is 28.1 Å². The lowest BCUT2D eigenvalue weighted by molar-refractivity contribution is -0.139. The molecule has 5 unspecified atom stereocenters. The number of hydrogen-bond acceptors (Lipinski definition) is 1. The molecule has 0 N–H and O–H groups in total. The molecular formula is C22H34O. The van der Waals surface area contributed by atoms with Crippen LogP contribution in [-0.2, 0) is 4.79 Å².